The summed E-state index contributed by atoms with van der Waals surface area (Å²) in [4.78, 5) is 6.53. The maximum absolute atomic E-state index is 5.85. The highest BCUT2D eigenvalue weighted by Crippen LogP contribution is 2.38. The summed E-state index contributed by atoms with van der Waals surface area (Å²) < 4.78 is 13.0. The van der Waals surface area contributed by atoms with Crippen molar-refractivity contribution in [3.05, 3.63) is 35.9 Å². The Labute approximate surface area is 143 Å². The summed E-state index contributed by atoms with van der Waals surface area (Å²) in [6.45, 7) is 1.27. The van der Waals surface area contributed by atoms with Gasteiger partial charge in [-0.25, -0.2) is 0 Å². The van der Waals surface area contributed by atoms with Crippen LogP contribution in [-0.2, 0) is 20.1 Å². The smallest absolute Gasteiger partial charge is 0.240 e. The van der Waals surface area contributed by atoms with Crippen LogP contribution < -0.4 is 0 Å². The monoisotopic (exact) mass is 346 g/mol. The first-order chi connectivity index (χ1) is 11.7. The van der Waals surface area contributed by atoms with Gasteiger partial charge >= 0.3 is 0 Å². The molecule has 3 aromatic rings. The molecule has 0 unspecified atom stereocenters. The molecule has 0 radical (unpaired) electrons. The lowest BCUT2D eigenvalue weighted by atomic mass is 10.4. The van der Waals surface area contributed by atoms with Gasteiger partial charge in [0.05, 0.1) is 13.1 Å². The molecule has 0 atom stereocenters. The maximum atomic E-state index is 5.85. The second kappa shape index (κ2) is 6.40. The van der Waals surface area contributed by atoms with Gasteiger partial charge in [0, 0.05) is 13.0 Å². The van der Waals surface area contributed by atoms with Crippen molar-refractivity contribution in [1.29, 1.82) is 0 Å². The van der Waals surface area contributed by atoms with Crippen LogP contribution in [0.4, 0.5) is 0 Å². The van der Waals surface area contributed by atoms with Crippen LogP contribution in [0.5, 0.6) is 0 Å². The maximum Gasteiger partial charge on any atom is 0.240 e. The minimum absolute atomic E-state index is 0.512. The van der Waals surface area contributed by atoms with Crippen LogP contribution in [0.15, 0.2) is 37.6 Å². The van der Waals surface area contributed by atoms with E-state index in [2.05, 4.69) is 25.2 Å². The van der Waals surface area contributed by atoms with Gasteiger partial charge in [-0.3, -0.25) is 4.90 Å². The summed E-state index contributed by atoms with van der Waals surface area (Å²) in [5.74, 6) is 2.89. The topological polar surface area (TPSA) is 86.0 Å². The molecule has 0 bridgehead atoms. The molecule has 1 fully saturated rings. The zero-order valence-corrected chi connectivity index (χ0v) is 14.4. The van der Waals surface area contributed by atoms with E-state index >= 15 is 0 Å². The summed E-state index contributed by atoms with van der Waals surface area (Å²) in [5.41, 5.74) is 0. The molecule has 0 aromatic carbocycles. The second-order valence-electron chi connectivity index (χ2n) is 6.04. The summed E-state index contributed by atoms with van der Waals surface area (Å²) in [5, 5.41) is 13.5. The standard InChI is InChI=1S/C15H18N6O2S/c1-20(8-12-17-14(19-23-12)10-3-4-10)7-11-5-6-13(22-11)24-15-18-16-9-21(15)2/h5-6,9-10H,3-4,7-8H2,1-2H3. The molecular formula is C15H18N6O2S. The van der Waals surface area contributed by atoms with Gasteiger partial charge in [-0.15, -0.1) is 10.2 Å². The van der Waals surface area contributed by atoms with Crippen molar-refractivity contribution in [2.24, 2.45) is 7.05 Å². The van der Waals surface area contributed by atoms with Gasteiger partial charge in [0.25, 0.3) is 0 Å². The van der Waals surface area contributed by atoms with Crippen LogP contribution in [0.25, 0.3) is 0 Å². The Bertz CT molecular complexity index is 821. The Hall–Kier alpha value is -2.13. The molecule has 0 saturated heterocycles. The van der Waals surface area contributed by atoms with E-state index in [1.807, 2.05) is 30.8 Å². The number of aromatic nitrogens is 5. The van der Waals surface area contributed by atoms with Gasteiger partial charge < -0.3 is 13.5 Å². The van der Waals surface area contributed by atoms with E-state index in [9.17, 15) is 0 Å². The van der Waals surface area contributed by atoms with E-state index in [1.165, 1.54) is 24.6 Å². The van der Waals surface area contributed by atoms with Crippen LogP contribution in [0.3, 0.4) is 0 Å². The van der Waals surface area contributed by atoms with E-state index < -0.39 is 0 Å². The first kappa shape index (κ1) is 15.4. The zero-order chi connectivity index (χ0) is 16.5. The number of nitrogens with zero attached hydrogens (tertiary/aromatic N) is 6. The fourth-order valence-electron chi connectivity index (χ4n) is 2.35. The number of aryl methyl sites for hydroxylation is 1. The molecule has 9 heteroatoms. The molecule has 0 N–H and O–H groups in total. The highest BCUT2D eigenvalue weighted by Gasteiger charge is 2.28. The molecule has 8 nitrogen and oxygen atoms in total. The molecule has 126 valence electrons. The third-order valence-corrected chi connectivity index (χ3v) is 4.73. The minimum Gasteiger partial charge on any atom is -0.453 e. The molecule has 24 heavy (non-hydrogen) atoms. The fraction of sp³-hybridized carbons (Fsp3) is 0.467. The van der Waals surface area contributed by atoms with Crippen molar-refractivity contribution in [3.63, 3.8) is 0 Å². The van der Waals surface area contributed by atoms with Crippen molar-refractivity contribution >= 4 is 11.8 Å². The lowest BCUT2D eigenvalue weighted by Gasteiger charge is -2.11. The van der Waals surface area contributed by atoms with Crippen molar-refractivity contribution in [2.45, 2.75) is 42.1 Å². The Morgan fingerprint density at radius 3 is 2.96 bits per heavy atom. The SMILES string of the molecule is CN(Cc1ccc(Sc2nncn2C)o1)Cc1nc(C2CC2)no1. The van der Waals surface area contributed by atoms with Crippen molar-refractivity contribution < 1.29 is 8.94 Å². The molecule has 1 aliphatic rings. The fourth-order valence-corrected chi connectivity index (χ4v) is 3.09. The van der Waals surface area contributed by atoms with Crippen LogP contribution in [0.1, 0.15) is 36.2 Å². The van der Waals surface area contributed by atoms with Gasteiger partial charge in [-0.2, -0.15) is 4.98 Å². The van der Waals surface area contributed by atoms with Crippen LogP contribution in [0, 0.1) is 0 Å². The quantitative estimate of drug-likeness (QED) is 0.645. The Kier molecular flexibility index (Phi) is 4.11. The molecule has 3 heterocycles. The van der Waals surface area contributed by atoms with Gasteiger partial charge in [0.1, 0.15) is 12.1 Å². The lowest BCUT2D eigenvalue weighted by molar-refractivity contribution is 0.238. The van der Waals surface area contributed by atoms with E-state index in [4.69, 9.17) is 8.94 Å². The summed E-state index contributed by atoms with van der Waals surface area (Å²) in [6.07, 6.45) is 4.01. The van der Waals surface area contributed by atoms with Gasteiger partial charge in [-0.05, 0) is 43.8 Å². The van der Waals surface area contributed by atoms with Crippen LogP contribution in [0.2, 0.25) is 0 Å². The number of hydrogen-bond acceptors (Lipinski definition) is 8. The first-order valence-corrected chi connectivity index (χ1v) is 8.60. The third-order valence-electron chi connectivity index (χ3n) is 3.76. The van der Waals surface area contributed by atoms with E-state index in [-0.39, 0.29) is 0 Å². The second-order valence-corrected chi connectivity index (χ2v) is 7.01. The first-order valence-electron chi connectivity index (χ1n) is 7.79. The van der Waals surface area contributed by atoms with Gasteiger partial charge in [-0.1, -0.05) is 5.16 Å². The largest absolute Gasteiger partial charge is 0.453 e. The molecule has 0 spiro atoms. The Morgan fingerprint density at radius 2 is 2.21 bits per heavy atom. The molecule has 3 aromatic heterocycles. The van der Waals surface area contributed by atoms with Gasteiger partial charge in [0.15, 0.2) is 16.1 Å². The highest BCUT2D eigenvalue weighted by molar-refractivity contribution is 7.99. The summed E-state index contributed by atoms with van der Waals surface area (Å²) in [6, 6.07) is 3.92. The lowest BCUT2D eigenvalue weighted by Crippen LogP contribution is -2.17. The average molecular weight is 346 g/mol. The predicted molar refractivity (Wildman–Crippen MR) is 85.3 cm³/mol. The van der Waals surface area contributed by atoms with Gasteiger partial charge in [0.2, 0.25) is 5.89 Å². The van der Waals surface area contributed by atoms with Crippen molar-refractivity contribution in [3.8, 4) is 0 Å². The minimum atomic E-state index is 0.512. The zero-order valence-electron chi connectivity index (χ0n) is 13.5. The molecule has 4 rings (SSSR count). The van der Waals surface area contributed by atoms with E-state index in [0.717, 1.165) is 21.8 Å². The number of rotatable bonds is 7. The molecule has 0 amide bonds. The summed E-state index contributed by atoms with van der Waals surface area (Å²) in [7, 11) is 3.90. The van der Waals surface area contributed by atoms with E-state index in [0.29, 0.717) is 24.9 Å². The van der Waals surface area contributed by atoms with Crippen LogP contribution >= 0.6 is 11.8 Å². The summed E-state index contributed by atoms with van der Waals surface area (Å²) >= 11 is 1.45. The average Bonchev–Trinajstić information content (AvgIpc) is 2.93. The highest BCUT2D eigenvalue weighted by atomic mass is 32.2. The normalized spacial score (nSPS) is 14.6. The van der Waals surface area contributed by atoms with Crippen molar-refractivity contribution in [2.75, 3.05) is 7.05 Å². The Balaban J connectivity index is 1.33. The van der Waals surface area contributed by atoms with E-state index in [1.54, 1.807) is 6.33 Å². The number of furan rings is 1. The van der Waals surface area contributed by atoms with Crippen LogP contribution in [-0.4, -0.2) is 36.9 Å². The van der Waals surface area contributed by atoms with Crippen molar-refractivity contribution in [1.82, 2.24) is 29.8 Å². The molecule has 1 aliphatic carbocycles. The molecule has 0 aliphatic heterocycles. The Morgan fingerprint density at radius 1 is 1.33 bits per heavy atom. The third kappa shape index (κ3) is 3.51. The molecular weight excluding hydrogens is 328 g/mol. The number of hydrogen-bond donors (Lipinski definition) is 0. The predicted octanol–water partition coefficient (Wildman–Crippen LogP) is 2.45. The molecule has 1 saturated carbocycles.